The van der Waals surface area contributed by atoms with Crippen LogP contribution in [0.15, 0.2) is 42.5 Å². The third-order valence-electron chi connectivity index (χ3n) is 3.00. The van der Waals surface area contributed by atoms with E-state index in [4.69, 9.17) is 11.6 Å². The first kappa shape index (κ1) is 13.7. The van der Waals surface area contributed by atoms with Crippen LogP contribution >= 0.6 is 11.6 Å². The van der Waals surface area contributed by atoms with Gasteiger partial charge in [0.15, 0.2) is 0 Å². The topological polar surface area (TPSA) is 32.3 Å². The lowest BCUT2D eigenvalue weighted by Crippen LogP contribution is -2.11. The normalized spacial score (nSPS) is 12.2. The third kappa shape index (κ3) is 2.99. The zero-order valence-electron chi connectivity index (χ0n) is 10.5. The Morgan fingerprint density at radius 3 is 2.58 bits per heavy atom. The molecule has 2 aromatic rings. The summed E-state index contributed by atoms with van der Waals surface area (Å²) in [5.74, 6) is -0.212. The van der Waals surface area contributed by atoms with Crippen molar-refractivity contribution in [2.45, 2.75) is 19.4 Å². The molecule has 100 valence electrons. The van der Waals surface area contributed by atoms with Gasteiger partial charge >= 0.3 is 0 Å². The smallest absolute Gasteiger partial charge is 0.147 e. The van der Waals surface area contributed by atoms with E-state index in [0.717, 1.165) is 5.56 Å². The maximum Gasteiger partial charge on any atom is 0.147 e. The molecule has 0 aromatic heterocycles. The van der Waals surface area contributed by atoms with Crippen LogP contribution in [0.5, 0.6) is 5.75 Å². The highest BCUT2D eigenvalue weighted by Crippen LogP contribution is 2.33. The molecule has 2 N–H and O–H groups in total. The predicted molar refractivity (Wildman–Crippen MR) is 76.2 cm³/mol. The number of benzene rings is 2. The van der Waals surface area contributed by atoms with Gasteiger partial charge in [0.05, 0.1) is 16.8 Å². The number of nitrogens with one attached hydrogen (secondary N) is 1. The van der Waals surface area contributed by atoms with Gasteiger partial charge in [-0.15, -0.1) is 0 Å². The SMILES string of the molecule is CCC(Nc1c(F)cccc1Cl)c1ccccc1O. The van der Waals surface area contributed by atoms with Crippen LogP contribution in [0.3, 0.4) is 0 Å². The van der Waals surface area contributed by atoms with Crippen molar-refractivity contribution in [2.75, 3.05) is 5.32 Å². The van der Waals surface area contributed by atoms with Crippen molar-refractivity contribution in [1.29, 1.82) is 0 Å². The molecule has 0 bridgehead atoms. The lowest BCUT2D eigenvalue weighted by molar-refractivity contribution is 0.462. The molecule has 0 amide bonds. The van der Waals surface area contributed by atoms with E-state index in [9.17, 15) is 9.50 Å². The van der Waals surface area contributed by atoms with Gasteiger partial charge in [-0.25, -0.2) is 4.39 Å². The molecule has 19 heavy (non-hydrogen) atoms. The van der Waals surface area contributed by atoms with Crippen LogP contribution in [0.2, 0.25) is 5.02 Å². The molecule has 0 aliphatic carbocycles. The van der Waals surface area contributed by atoms with Gasteiger partial charge in [-0.1, -0.05) is 42.8 Å². The van der Waals surface area contributed by atoms with Crippen LogP contribution < -0.4 is 5.32 Å². The Morgan fingerprint density at radius 2 is 1.95 bits per heavy atom. The minimum Gasteiger partial charge on any atom is -0.508 e. The van der Waals surface area contributed by atoms with Crippen LogP contribution in [-0.2, 0) is 0 Å². The molecule has 0 heterocycles. The lowest BCUT2D eigenvalue weighted by atomic mass is 10.0. The number of para-hydroxylation sites is 2. The second kappa shape index (κ2) is 5.93. The molecule has 2 aromatic carbocycles. The van der Waals surface area contributed by atoms with Crippen molar-refractivity contribution in [3.8, 4) is 5.75 Å². The Hall–Kier alpha value is -1.74. The summed E-state index contributed by atoms with van der Waals surface area (Å²) in [6, 6.07) is 11.4. The second-order valence-corrected chi connectivity index (χ2v) is 4.67. The van der Waals surface area contributed by atoms with E-state index < -0.39 is 5.82 Å². The highest BCUT2D eigenvalue weighted by molar-refractivity contribution is 6.33. The summed E-state index contributed by atoms with van der Waals surface area (Å²) in [7, 11) is 0. The Kier molecular flexibility index (Phi) is 4.27. The lowest BCUT2D eigenvalue weighted by Gasteiger charge is -2.20. The zero-order chi connectivity index (χ0) is 13.8. The van der Waals surface area contributed by atoms with Gasteiger partial charge in [-0.05, 0) is 24.6 Å². The summed E-state index contributed by atoms with van der Waals surface area (Å²) >= 11 is 5.99. The summed E-state index contributed by atoms with van der Waals surface area (Å²) in [5, 5.41) is 13.2. The first-order valence-electron chi connectivity index (χ1n) is 6.12. The molecular formula is C15H15ClFNO. The molecule has 0 fully saturated rings. The summed E-state index contributed by atoms with van der Waals surface area (Å²) in [5.41, 5.74) is 0.989. The van der Waals surface area contributed by atoms with E-state index in [1.165, 1.54) is 6.07 Å². The molecule has 0 aliphatic rings. The average Bonchev–Trinajstić information content (AvgIpc) is 2.40. The van der Waals surface area contributed by atoms with Gasteiger partial charge in [-0.3, -0.25) is 0 Å². The first-order valence-corrected chi connectivity index (χ1v) is 6.49. The Bertz CT molecular complexity index is 554. The summed E-state index contributed by atoms with van der Waals surface area (Å²) < 4.78 is 13.8. The molecule has 0 saturated carbocycles. The van der Waals surface area contributed by atoms with E-state index in [-0.39, 0.29) is 17.5 Å². The van der Waals surface area contributed by atoms with Gasteiger partial charge in [0.1, 0.15) is 11.6 Å². The van der Waals surface area contributed by atoms with Crippen molar-refractivity contribution in [2.24, 2.45) is 0 Å². The molecule has 2 nitrogen and oxygen atoms in total. The van der Waals surface area contributed by atoms with Crippen molar-refractivity contribution in [1.82, 2.24) is 0 Å². The Labute approximate surface area is 116 Å². The average molecular weight is 280 g/mol. The zero-order valence-corrected chi connectivity index (χ0v) is 11.3. The van der Waals surface area contributed by atoms with Gasteiger partial charge in [0, 0.05) is 5.56 Å². The minimum absolute atomic E-state index is 0.189. The van der Waals surface area contributed by atoms with Crippen molar-refractivity contribution >= 4 is 17.3 Å². The van der Waals surface area contributed by atoms with E-state index in [2.05, 4.69) is 5.32 Å². The molecule has 0 spiro atoms. The van der Waals surface area contributed by atoms with Crippen LogP contribution in [0.4, 0.5) is 10.1 Å². The molecule has 4 heteroatoms. The number of phenolic OH excluding ortho intramolecular Hbond substituents is 1. The van der Waals surface area contributed by atoms with E-state index in [1.807, 2.05) is 19.1 Å². The Morgan fingerprint density at radius 1 is 1.21 bits per heavy atom. The largest absolute Gasteiger partial charge is 0.508 e. The van der Waals surface area contributed by atoms with Crippen molar-refractivity contribution < 1.29 is 9.50 Å². The minimum atomic E-state index is -0.402. The highest BCUT2D eigenvalue weighted by atomic mass is 35.5. The quantitative estimate of drug-likeness (QED) is 0.846. The monoisotopic (exact) mass is 279 g/mol. The first-order chi connectivity index (χ1) is 9.13. The number of halogens is 2. The number of anilines is 1. The number of aromatic hydroxyl groups is 1. The van der Waals surface area contributed by atoms with Gasteiger partial charge < -0.3 is 10.4 Å². The van der Waals surface area contributed by atoms with Gasteiger partial charge in [0.25, 0.3) is 0 Å². The van der Waals surface area contributed by atoms with Gasteiger partial charge in [0.2, 0.25) is 0 Å². The number of hydrogen-bond acceptors (Lipinski definition) is 2. The fourth-order valence-electron chi connectivity index (χ4n) is 1.99. The fourth-order valence-corrected chi connectivity index (χ4v) is 2.21. The van der Waals surface area contributed by atoms with Crippen molar-refractivity contribution in [3.63, 3.8) is 0 Å². The molecule has 0 aliphatic heterocycles. The second-order valence-electron chi connectivity index (χ2n) is 4.26. The summed E-state index contributed by atoms with van der Waals surface area (Å²) in [6.45, 7) is 1.96. The highest BCUT2D eigenvalue weighted by Gasteiger charge is 2.16. The van der Waals surface area contributed by atoms with Crippen LogP contribution in [0.25, 0.3) is 0 Å². The van der Waals surface area contributed by atoms with Crippen LogP contribution in [-0.4, -0.2) is 5.11 Å². The Balaban J connectivity index is 2.32. The summed E-state index contributed by atoms with van der Waals surface area (Å²) in [6.07, 6.45) is 0.697. The van der Waals surface area contributed by atoms with Gasteiger partial charge in [-0.2, -0.15) is 0 Å². The number of hydrogen-bond donors (Lipinski definition) is 2. The van der Waals surface area contributed by atoms with Crippen LogP contribution in [0.1, 0.15) is 24.9 Å². The molecule has 1 unspecified atom stereocenters. The van der Waals surface area contributed by atoms with Crippen LogP contribution in [0, 0.1) is 5.82 Å². The molecule has 1 atom stereocenters. The molecule has 2 rings (SSSR count). The van der Waals surface area contributed by atoms with E-state index in [0.29, 0.717) is 11.4 Å². The van der Waals surface area contributed by atoms with E-state index >= 15 is 0 Å². The number of rotatable bonds is 4. The van der Waals surface area contributed by atoms with E-state index in [1.54, 1.807) is 24.3 Å². The molecule has 0 saturated heterocycles. The fraction of sp³-hybridized carbons (Fsp3) is 0.200. The van der Waals surface area contributed by atoms with Crippen molar-refractivity contribution in [3.05, 3.63) is 58.9 Å². The number of phenols is 1. The maximum atomic E-state index is 13.8. The standard InChI is InChI=1S/C15H15ClFNO/c1-2-13(10-6-3-4-9-14(10)19)18-15-11(16)7-5-8-12(15)17/h3-9,13,18-19H,2H2,1H3. The maximum absolute atomic E-state index is 13.8. The molecule has 0 radical (unpaired) electrons. The summed E-state index contributed by atoms with van der Waals surface area (Å²) in [4.78, 5) is 0. The third-order valence-corrected chi connectivity index (χ3v) is 3.32. The predicted octanol–water partition coefficient (Wildman–Crippen LogP) is 4.75. The molecular weight excluding hydrogens is 265 g/mol.